The van der Waals surface area contributed by atoms with Gasteiger partial charge in [0.2, 0.25) is 15.9 Å². The maximum atomic E-state index is 12.9. The van der Waals surface area contributed by atoms with Crippen LogP contribution in [0.15, 0.2) is 23.1 Å². The van der Waals surface area contributed by atoms with Crippen LogP contribution < -0.4 is 4.90 Å². The molecule has 8 heteroatoms. The molecule has 2 atom stereocenters. The number of rotatable bonds is 6. The van der Waals surface area contributed by atoms with Crippen molar-refractivity contribution in [2.75, 3.05) is 24.5 Å². The summed E-state index contributed by atoms with van der Waals surface area (Å²) in [5, 5.41) is 9.14. The van der Waals surface area contributed by atoms with Crippen molar-refractivity contribution in [1.29, 1.82) is 0 Å². The number of benzene rings is 1. The van der Waals surface area contributed by atoms with Crippen molar-refractivity contribution < 1.29 is 23.1 Å². The van der Waals surface area contributed by atoms with Crippen LogP contribution in [0.5, 0.6) is 0 Å². The van der Waals surface area contributed by atoms with Crippen LogP contribution in [-0.2, 0) is 26.0 Å². The fourth-order valence-electron chi connectivity index (χ4n) is 4.13. The van der Waals surface area contributed by atoms with Crippen molar-refractivity contribution >= 4 is 27.6 Å². The van der Waals surface area contributed by atoms with Gasteiger partial charge in [0, 0.05) is 31.2 Å². The molecule has 1 aliphatic carbocycles. The predicted octanol–water partition coefficient (Wildman–Crippen LogP) is 2.11. The van der Waals surface area contributed by atoms with Crippen LogP contribution in [0.2, 0.25) is 0 Å². The molecule has 1 N–H and O–H groups in total. The number of fused-ring (bicyclic) bond motifs is 1. The molecule has 3 rings (SSSR count). The zero-order chi connectivity index (χ0) is 19.8. The van der Waals surface area contributed by atoms with Crippen LogP contribution >= 0.6 is 0 Å². The zero-order valence-corrected chi connectivity index (χ0v) is 16.5. The first-order chi connectivity index (χ1) is 12.8. The summed E-state index contributed by atoms with van der Waals surface area (Å²) in [6.45, 7) is 4.94. The van der Waals surface area contributed by atoms with Gasteiger partial charge >= 0.3 is 5.97 Å². The molecule has 27 heavy (non-hydrogen) atoms. The highest BCUT2D eigenvalue weighted by atomic mass is 32.2. The molecule has 1 amide bonds. The standard InChI is InChI=1S/C19H26N2O5S/c1-3-20(4-2)27(25,26)16-7-8-17-13(12-16)9-10-21(17)18(22)14-5-6-15(11-14)19(23)24/h7-8,12,14-15H,3-6,9-11H2,1-2H3,(H,23,24)/t14-,15+/m1/s1. The Hall–Kier alpha value is -1.93. The lowest BCUT2D eigenvalue weighted by molar-refractivity contribution is -0.141. The summed E-state index contributed by atoms with van der Waals surface area (Å²) in [5.74, 6) is -1.59. The topological polar surface area (TPSA) is 95.0 Å². The molecule has 0 spiro atoms. The Bertz CT molecular complexity index is 848. The molecule has 0 radical (unpaired) electrons. The van der Waals surface area contributed by atoms with E-state index in [1.54, 1.807) is 36.9 Å². The van der Waals surface area contributed by atoms with Gasteiger partial charge in [0.1, 0.15) is 0 Å². The Morgan fingerprint density at radius 1 is 1.19 bits per heavy atom. The summed E-state index contributed by atoms with van der Waals surface area (Å²) in [7, 11) is -3.53. The second-order valence-electron chi connectivity index (χ2n) is 7.16. The molecule has 1 fully saturated rings. The van der Waals surface area contributed by atoms with Gasteiger partial charge in [-0.05, 0) is 49.4 Å². The number of carboxylic acids is 1. The normalized spacial score (nSPS) is 22.3. The Kier molecular flexibility index (Phi) is 5.58. The average molecular weight is 394 g/mol. The molecule has 1 saturated carbocycles. The SMILES string of the molecule is CCN(CC)S(=O)(=O)c1ccc2c(c1)CCN2C(=O)[C@@H]1CC[C@H](C(=O)O)C1. The van der Waals surface area contributed by atoms with Crippen LogP contribution in [-0.4, -0.2) is 49.3 Å². The number of hydrogen-bond acceptors (Lipinski definition) is 4. The lowest BCUT2D eigenvalue weighted by Crippen LogP contribution is -2.34. The van der Waals surface area contributed by atoms with E-state index < -0.39 is 21.9 Å². The highest BCUT2D eigenvalue weighted by Crippen LogP contribution is 2.37. The Morgan fingerprint density at radius 2 is 1.85 bits per heavy atom. The number of amides is 1. The van der Waals surface area contributed by atoms with Gasteiger partial charge in [-0.1, -0.05) is 13.8 Å². The number of carbonyl (C=O) groups is 2. The van der Waals surface area contributed by atoms with E-state index in [-0.39, 0.29) is 16.7 Å². The van der Waals surface area contributed by atoms with Gasteiger partial charge in [0.25, 0.3) is 0 Å². The lowest BCUT2D eigenvalue weighted by atomic mass is 10.0. The van der Waals surface area contributed by atoms with E-state index in [0.29, 0.717) is 45.3 Å². The molecular formula is C19H26N2O5S. The van der Waals surface area contributed by atoms with Crippen molar-refractivity contribution in [3.05, 3.63) is 23.8 Å². The molecule has 1 aliphatic heterocycles. The molecule has 0 aromatic heterocycles. The Morgan fingerprint density at radius 3 is 2.44 bits per heavy atom. The van der Waals surface area contributed by atoms with E-state index in [9.17, 15) is 18.0 Å². The summed E-state index contributed by atoms with van der Waals surface area (Å²) in [6, 6.07) is 4.94. The Balaban J connectivity index is 1.81. The molecule has 0 saturated heterocycles. The molecule has 1 heterocycles. The Labute approximate surface area is 160 Å². The highest BCUT2D eigenvalue weighted by molar-refractivity contribution is 7.89. The summed E-state index contributed by atoms with van der Waals surface area (Å²) in [5.41, 5.74) is 1.60. The number of aliphatic carboxylic acids is 1. The van der Waals surface area contributed by atoms with Gasteiger partial charge in [0.05, 0.1) is 10.8 Å². The molecule has 148 valence electrons. The number of anilines is 1. The molecular weight excluding hydrogens is 368 g/mol. The molecule has 7 nitrogen and oxygen atoms in total. The van der Waals surface area contributed by atoms with Crippen molar-refractivity contribution in [3.63, 3.8) is 0 Å². The van der Waals surface area contributed by atoms with Gasteiger partial charge in [-0.15, -0.1) is 0 Å². The smallest absolute Gasteiger partial charge is 0.306 e. The minimum atomic E-state index is -3.53. The first-order valence-electron chi connectivity index (χ1n) is 9.46. The van der Waals surface area contributed by atoms with Gasteiger partial charge in [-0.25, -0.2) is 8.42 Å². The van der Waals surface area contributed by atoms with Crippen LogP contribution in [0.1, 0.15) is 38.7 Å². The third-order valence-electron chi connectivity index (χ3n) is 5.69. The number of sulfonamides is 1. The third kappa shape index (κ3) is 3.60. The van der Waals surface area contributed by atoms with E-state index in [0.717, 1.165) is 11.3 Å². The second kappa shape index (κ2) is 7.59. The van der Waals surface area contributed by atoms with E-state index in [4.69, 9.17) is 5.11 Å². The molecule has 1 aromatic rings. The van der Waals surface area contributed by atoms with Crippen LogP contribution in [0.25, 0.3) is 0 Å². The summed E-state index contributed by atoms with van der Waals surface area (Å²) < 4.78 is 26.8. The van der Waals surface area contributed by atoms with Gasteiger partial charge in [0.15, 0.2) is 0 Å². The quantitative estimate of drug-likeness (QED) is 0.797. The zero-order valence-electron chi connectivity index (χ0n) is 15.7. The third-order valence-corrected chi connectivity index (χ3v) is 7.73. The van der Waals surface area contributed by atoms with Gasteiger partial charge in [-0.3, -0.25) is 9.59 Å². The number of nitrogens with zero attached hydrogens (tertiary/aromatic N) is 2. The maximum Gasteiger partial charge on any atom is 0.306 e. The second-order valence-corrected chi connectivity index (χ2v) is 9.10. The van der Waals surface area contributed by atoms with Gasteiger partial charge < -0.3 is 10.0 Å². The summed E-state index contributed by atoms with van der Waals surface area (Å²) >= 11 is 0. The molecule has 1 aromatic carbocycles. The van der Waals surface area contributed by atoms with E-state index in [2.05, 4.69) is 0 Å². The number of hydrogen-bond donors (Lipinski definition) is 1. The minimum Gasteiger partial charge on any atom is -0.481 e. The molecule has 0 unspecified atom stereocenters. The van der Waals surface area contributed by atoms with Crippen LogP contribution in [0.4, 0.5) is 5.69 Å². The van der Waals surface area contributed by atoms with E-state index >= 15 is 0 Å². The lowest BCUT2D eigenvalue weighted by Gasteiger charge is -2.22. The van der Waals surface area contributed by atoms with Crippen molar-refractivity contribution in [3.8, 4) is 0 Å². The van der Waals surface area contributed by atoms with Crippen molar-refractivity contribution in [2.45, 2.75) is 44.4 Å². The monoisotopic (exact) mass is 394 g/mol. The fraction of sp³-hybridized carbons (Fsp3) is 0.579. The maximum absolute atomic E-state index is 12.9. The van der Waals surface area contributed by atoms with E-state index in [1.807, 2.05) is 0 Å². The minimum absolute atomic E-state index is 0.0446. The summed E-state index contributed by atoms with van der Waals surface area (Å²) in [4.78, 5) is 26.0. The number of carbonyl (C=O) groups excluding carboxylic acids is 1. The van der Waals surface area contributed by atoms with Crippen LogP contribution in [0, 0.1) is 11.8 Å². The van der Waals surface area contributed by atoms with E-state index in [1.165, 1.54) is 4.31 Å². The van der Waals surface area contributed by atoms with Crippen LogP contribution in [0.3, 0.4) is 0 Å². The average Bonchev–Trinajstić information content (AvgIpc) is 3.29. The summed E-state index contributed by atoms with van der Waals surface area (Å²) in [6.07, 6.45) is 2.12. The molecule has 0 bridgehead atoms. The predicted molar refractivity (Wildman–Crippen MR) is 101 cm³/mol. The fourth-order valence-corrected chi connectivity index (χ4v) is 5.64. The van der Waals surface area contributed by atoms with Gasteiger partial charge in [-0.2, -0.15) is 4.31 Å². The first kappa shape index (κ1) is 19.8. The number of carboxylic acid groups (broad SMARTS) is 1. The van der Waals surface area contributed by atoms with Crippen molar-refractivity contribution in [2.24, 2.45) is 11.8 Å². The largest absolute Gasteiger partial charge is 0.481 e. The van der Waals surface area contributed by atoms with Crippen molar-refractivity contribution in [1.82, 2.24) is 4.31 Å². The molecule has 2 aliphatic rings. The first-order valence-corrected chi connectivity index (χ1v) is 10.9. The highest BCUT2D eigenvalue weighted by Gasteiger charge is 2.38.